The maximum Gasteiger partial charge on any atom is 0.281 e. The summed E-state index contributed by atoms with van der Waals surface area (Å²) in [5.74, 6) is 0. The van der Waals surface area contributed by atoms with E-state index in [9.17, 15) is 8.42 Å². The van der Waals surface area contributed by atoms with Crippen LogP contribution in [0.2, 0.25) is 0 Å². The molecule has 0 amide bonds. The van der Waals surface area contributed by atoms with Crippen LogP contribution in [-0.4, -0.2) is 14.6 Å². The van der Waals surface area contributed by atoms with Crippen molar-refractivity contribution in [3.8, 4) is 0 Å². The molecule has 0 unspecified atom stereocenters. The number of hydrogen-bond acceptors (Lipinski definition) is 2. The molecule has 0 N–H and O–H groups in total. The normalized spacial score (nSPS) is 12.2. The van der Waals surface area contributed by atoms with Crippen LogP contribution in [0, 0.1) is 6.92 Å². The fourth-order valence-corrected chi connectivity index (χ4v) is 1.79. The summed E-state index contributed by atoms with van der Waals surface area (Å²) in [6, 6.07) is 6.60. The smallest absolute Gasteiger partial charge is 0.199 e. The van der Waals surface area contributed by atoms with E-state index < -0.39 is 10.0 Å². The highest BCUT2D eigenvalue weighted by Crippen LogP contribution is 2.12. The number of nitrogens with zero attached hydrogens (tertiary/aromatic N) is 1. The second-order valence-electron chi connectivity index (χ2n) is 2.65. The van der Waals surface area contributed by atoms with Gasteiger partial charge in [0.15, 0.2) is 0 Å². The summed E-state index contributed by atoms with van der Waals surface area (Å²) in [6.45, 7) is 3.48. The van der Waals surface area contributed by atoms with Gasteiger partial charge in [0.2, 0.25) is 0 Å². The highest BCUT2D eigenvalue weighted by molar-refractivity contribution is 7.90. The standard InChI is InChI=1S/C9H11NO2S/c1-3-10-13(11,12)9-6-4-8(2)5-7-9/h3-7H,1-2H3/b10-3+. The average molecular weight is 197 g/mol. The largest absolute Gasteiger partial charge is 0.281 e. The van der Waals surface area contributed by atoms with Crippen molar-refractivity contribution in [1.82, 2.24) is 0 Å². The summed E-state index contributed by atoms with van der Waals surface area (Å²) < 4.78 is 26.1. The Morgan fingerprint density at radius 2 is 1.77 bits per heavy atom. The third-order valence-electron chi connectivity index (χ3n) is 1.56. The zero-order valence-electron chi connectivity index (χ0n) is 7.56. The molecule has 1 aromatic rings. The van der Waals surface area contributed by atoms with E-state index in [4.69, 9.17) is 0 Å². The Morgan fingerprint density at radius 1 is 1.23 bits per heavy atom. The predicted molar refractivity (Wildman–Crippen MR) is 52.5 cm³/mol. The van der Waals surface area contributed by atoms with Crippen molar-refractivity contribution in [2.75, 3.05) is 0 Å². The van der Waals surface area contributed by atoms with Gasteiger partial charge in [0.05, 0.1) is 4.90 Å². The van der Waals surface area contributed by atoms with Gasteiger partial charge in [-0.2, -0.15) is 12.8 Å². The molecular formula is C9H11NO2S. The van der Waals surface area contributed by atoms with Gasteiger partial charge < -0.3 is 0 Å². The van der Waals surface area contributed by atoms with Crippen molar-refractivity contribution in [2.45, 2.75) is 18.7 Å². The molecule has 0 aliphatic heterocycles. The molecule has 0 heterocycles. The molecular weight excluding hydrogens is 186 g/mol. The van der Waals surface area contributed by atoms with Crippen molar-refractivity contribution >= 4 is 16.2 Å². The topological polar surface area (TPSA) is 46.5 Å². The van der Waals surface area contributed by atoms with E-state index >= 15 is 0 Å². The van der Waals surface area contributed by atoms with Crippen molar-refractivity contribution < 1.29 is 8.42 Å². The molecule has 1 rings (SSSR count). The van der Waals surface area contributed by atoms with E-state index in [1.54, 1.807) is 31.2 Å². The Hall–Kier alpha value is -1.16. The van der Waals surface area contributed by atoms with Gasteiger partial charge in [-0.1, -0.05) is 17.7 Å². The van der Waals surface area contributed by atoms with Crippen LogP contribution in [0.3, 0.4) is 0 Å². The van der Waals surface area contributed by atoms with Gasteiger partial charge >= 0.3 is 0 Å². The first-order valence-electron chi connectivity index (χ1n) is 3.88. The van der Waals surface area contributed by atoms with E-state index in [-0.39, 0.29) is 4.90 Å². The summed E-state index contributed by atoms with van der Waals surface area (Å²) in [5, 5.41) is 0. The SMILES string of the molecule is C/C=N/S(=O)(=O)c1ccc(C)cc1. The zero-order valence-corrected chi connectivity index (χ0v) is 8.38. The molecule has 0 saturated carbocycles. The molecule has 0 aliphatic rings. The second-order valence-corrected chi connectivity index (χ2v) is 4.28. The fraction of sp³-hybridized carbons (Fsp3) is 0.222. The Balaban J connectivity index is 3.17. The first-order chi connectivity index (χ1) is 6.06. The van der Waals surface area contributed by atoms with E-state index in [2.05, 4.69) is 4.40 Å². The van der Waals surface area contributed by atoms with E-state index in [1.165, 1.54) is 6.21 Å². The minimum Gasteiger partial charge on any atom is -0.199 e. The molecule has 4 heteroatoms. The lowest BCUT2D eigenvalue weighted by atomic mass is 10.2. The third-order valence-corrected chi connectivity index (χ3v) is 2.92. The van der Waals surface area contributed by atoms with Gasteiger partial charge in [0.25, 0.3) is 10.0 Å². The highest BCUT2D eigenvalue weighted by atomic mass is 32.2. The van der Waals surface area contributed by atoms with Crippen molar-refractivity contribution in [2.24, 2.45) is 4.40 Å². The van der Waals surface area contributed by atoms with Crippen LogP contribution in [0.5, 0.6) is 0 Å². The number of sulfonamides is 1. The molecule has 0 fully saturated rings. The molecule has 1 aromatic carbocycles. The molecule has 0 spiro atoms. The molecule has 13 heavy (non-hydrogen) atoms. The number of rotatable bonds is 2. The fourth-order valence-electron chi connectivity index (χ4n) is 0.910. The monoisotopic (exact) mass is 197 g/mol. The average Bonchev–Trinajstić information content (AvgIpc) is 2.05. The van der Waals surface area contributed by atoms with Crippen molar-refractivity contribution in [3.05, 3.63) is 29.8 Å². The summed E-state index contributed by atoms with van der Waals surface area (Å²) in [4.78, 5) is 0.233. The molecule has 3 nitrogen and oxygen atoms in total. The van der Waals surface area contributed by atoms with Gasteiger partial charge in [0, 0.05) is 6.21 Å². The number of aryl methyl sites for hydroxylation is 1. The maximum atomic E-state index is 11.3. The predicted octanol–water partition coefficient (Wildman–Crippen LogP) is 1.77. The Morgan fingerprint density at radius 3 is 2.23 bits per heavy atom. The van der Waals surface area contributed by atoms with Crippen LogP contribution in [0.25, 0.3) is 0 Å². The summed E-state index contributed by atoms with van der Waals surface area (Å²) in [7, 11) is -3.46. The van der Waals surface area contributed by atoms with Crippen LogP contribution in [0.1, 0.15) is 12.5 Å². The summed E-state index contributed by atoms with van der Waals surface area (Å²) >= 11 is 0. The molecule has 70 valence electrons. The minimum atomic E-state index is -3.46. The van der Waals surface area contributed by atoms with Gasteiger partial charge in [-0.15, -0.1) is 0 Å². The lowest BCUT2D eigenvalue weighted by molar-refractivity contribution is 0.598. The van der Waals surface area contributed by atoms with Crippen LogP contribution in [0.4, 0.5) is 0 Å². The Kier molecular flexibility index (Phi) is 2.83. The van der Waals surface area contributed by atoms with E-state index in [0.29, 0.717) is 0 Å². The van der Waals surface area contributed by atoms with Crippen LogP contribution in [0.15, 0.2) is 33.6 Å². The van der Waals surface area contributed by atoms with Crippen LogP contribution >= 0.6 is 0 Å². The van der Waals surface area contributed by atoms with Crippen molar-refractivity contribution in [1.29, 1.82) is 0 Å². The van der Waals surface area contributed by atoms with Crippen LogP contribution in [-0.2, 0) is 10.0 Å². The van der Waals surface area contributed by atoms with E-state index in [0.717, 1.165) is 5.56 Å². The number of hydrogen-bond donors (Lipinski definition) is 0. The molecule has 0 saturated heterocycles. The first kappa shape index (κ1) is 9.92. The molecule has 0 atom stereocenters. The van der Waals surface area contributed by atoms with Crippen LogP contribution < -0.4 is 0 Å². The first-order valence-corrected chi connectivity index (χ1v) is 5.32. The van der Waals surface area contributed by atoms with Gasteiger partial charge in [0.1, 0.15) is 0 Å². The summed E-state index contributed by atoms with van der Waals surface area (Å²) in [5.41, 5.74) is 1.03. The molecule has 0 bridgehead atoms. The molecule has 0 aliphatic carbocycles. The molecule has 0 radical (unpaired) electrons. The lowest BCUT2D eigenvalue weighted by Gasteiger charge is -1.97. The molecule has 0 aromatic heterocycles. The van der Waals surface area contributed by atoms with E-state index in [1.807, 2.05) is 6.92 Å². The Bertz CT molecular complexity index is 404. The zero-order chi connectivity index (χ0) is 9.90. The van der Waals surface area contributed by atoms with Crippen molar-refractivity contribution in [3.63, 3.8) is 0 Å². The summed E-state index contributed by atoms with van der Waals surface area (Å²) in [6.07, 6.45) is 1.27. The van der Waals surface area contributed by atoms with Gasteiger partial charge in [-0.25, -0.2) is 0 Å². The highest BCUT2D eigenvalue weighted by Gasteiger charge is 2.09. The van der Waals surface area contributed by atoms with Gasteiger partial charge in [-0.05, 0) is 26.0 Å². The third kappa shape index (κ3) is 2.39. The quantitative estimate of drug-likeness (QED) is 0.678. The Labute approximate surface area is 78.2 Å². The number of benzene rings is 1. The lowest BCUT2D eigenvalue weighted by Crippen LogP contribution is -1.96. The van der Waals surface area contributed by atoms with Gasteiger partial charge in [-0.3, -0.25) is 0 Å². The minimum absolute atomic E-state index is 0.233. The second kappa shape index (κ2) is 3.70. The maximum absolute atomic E-state index is 11.3.